The van der Waals surface area contributed by atoms with E-state index in [1.807, 2.05) is 0 Å². The predicted molar refractivity (Wildman–Crippen MR) is 48.4 cm³/mol. The van der Waals surface area contributed by atoms with E-state index in [2.05, 4.69) is 4.84 Å². The van der Waals surface area contributed by atoms with Crippen LogP contribution in [0.2, 0.25) is 0 Å². The fourth-order valence-corrected chi connectivity index (χ4v) is 1.14. The zero-order valence-electron chi connectivity index (χ0n) is 7.70. The highest BCUT2D eigenvalue weighted by Gasteiger charge is 2.10. The summed E-state index contributed by atoms with van der Waals surface area (Å²) in [5, 5.41) is 9.58. The van der Waals surface area contributed by atoms with Gasteiger partial charge in [0, 0.05) is 5.56 Å². The molecule has 0 spiro atoms. The smallest absolute Gasteiger partial charge is 0.166 e. The van der Waals surface area contributed by atoms with Crippen LogP contribution in [0, 0.1) is 6.92 Å². The van der Waals surface area contributed by atoms with Crippen molar-refractivity contribution in [2.75, 3.05) is 7.11 Å². The maximum atomic E-state index is 9.58. The van der Waals surface area contributed by atoms with E-state index >= 15 is 0 Å². The molecule has 0 aromatic heterocycles. The zero-order chi connectivity index (χ0) is 9.84. The van der Waals surface area contributed by atoms with Gasteiger partial charge in [0.25, 0.3) is 0 Å². The second-order valence-corrected chi connectivity index (χ2v) is 2.73. The van der Waals surface area contributed by atoms with Crippen molar-refractivity contribution in [2.24, 2.45) is 5.90 Å². The Labute approximate surface area is 76.8 Å². The Morgan fingerprint density at radius 2 is 2.15 bits per heavy atom. The first-order valence-corrected chi connectivity index (χ1v) is 3.87. The predicted octanol–water partition coefficient (Wildman–Crippen LogP) is 1.10. The van der Waals surface area contributed by atoms with E-state index in [0.717, 1.165) is 11.1 Å². The summed E-state index contributed by atoms with van der Waals surface area (Å²) < 4.78 is 5.02. The Balaban J connectivity index is 3.13. The van der Waals surface area contributed by atoms with Gasteiger partial charge in [0.1, 0.15) is 0 Å². The monoisotopic (exact) mass is 183 g/mol. The third-order valence-electron chi connectivity index (χ3n) is 1.86. The molecule has 1 aromatic carbocycles. The van der Waals surface area contributed by atoms with E-state index in [1.54, 1.807) is 19.1 Å². The van der Waals surface area contributed by atoms with Crippen LogP contribution >= 0.6 is 0 Å². The first kappa shape index (κ1) is 9.83. The molecule has 0 aliphatic heterocycles. The van der Waals surface area contributed by atoms with Crippen molar-refractivity contribution in [1.82, 2.24) is 0 Å². The third kappa shape index (κ3) is 1.91. The van der Waals surface area contributed by atoms with E-state index < -0.39 is 0 Å². The molecule has 0 bridgehead atoms. The minimum absolute atomic E-state index is 0.136. The van der Waals surface area contributed by atoms with Crippen LogP contribution in [0.3, 0.4) is 0 Å². The summed E-state index contributed by atoms with van der Waals surface area (Å²) in [5.74, 6) is 5.49. The second kappa shape index (κ2) is 4.11. The molecule has 4 nitrogen and oxygen atoms in total. The van der Waals surface area contributed by atoms with Crippen molar-refractivity contribution in [3.8, 4) is 11.5 Å². The lowest BCUT2D eigenvalue weighted by atomic mass is 10.1. The maximum absolute atomic E-state index is 9.58. The summed E-state index contributed by atoms with van der Waals surface area (Å²) in [6.45, 7) is 2.02. The molecule has 1 rings (SSSR count). The second-order valence-electron chi connectivity index (χ2n) is 2.73. The van der Waals surface area contributed by atoms with Crippen molar-refractivity contribution in [2.45, 2.75) is 13.5 Å². The minimum Gasteiger partial charge on any atom is -0.504 e. The number of nitrogens with two attached hydrogens (primary N) is 1. The van der Waals surface area contributed by atoms with Crippen molar-refractivity contribution in [1.29, 1.82) is 0 Å². The van der Waals surface area contributed by atoms with Crippen LogP contribution in [-0.4, -0.2) is 12.2 Å². The Kier molecular flexibility index (Phi) is 3.11. The fraction of sp³-hybridized carbons (Fsp3) is 0.333. The Hall–Kier alpha value is -1.26. The molecule has 3 N–H and O–H groups in total. The molecule has 0 fully saturated rings. The molecular formula is C9H13NO3. The van der Waals surface area contributed by atoms with Crippen LogP contribution in [0.5, 0.6) is 11.5 Å². The highest BCUT2D eigenvalue weighted by Crippen LogP contribution is 2.33. The number of methoxy groups -OCH3 is 1. The van der Waals surface area contributed by atoms with Gasteiger partial charge >= 0.3 is 0 Å². The maximum Gasteiger partial charge on any atom is 0.166 e. The summed E-state index contributed by atoms with van der Waals surface area (Å²) in [6.07, 6.45) is 0. The topological polar surface area (TPSA) is 64.7 Å². The van der Waals surface area contributed by atoms with Crippen molar-refractivity contribution < 1.29 is 14.7 Å². The van der Waals surface area contributed by atoms with Gasteiger partial charge in [0.15, 0.2) is 11.5 Å². The Bertz CT molecular complexity index is 299. The van der Waals surface area contributed by atoms with Gasteiger partial charge in [-0.15, -0.1) is 0 Å². The lowest BCUT2D eigenvalue weighted by Crippen LogP contribution is -2.01. The summed E-state index contributed by atoms with van der Waals surface area (Å²) in [6, 6.07) is 3.59. The van der Waals surface area contributed by atoms with Crippen molar-refractivity contribution in [3.63, 3.8) is 0 Å². The number of ether oxygens (including phenoxy) is 1. The van der Waals surface area contributed by atoms with Gasteiger partial charge in [-0.25, -0.2) is 5.90 Å². The van der Waals surface area contributed by atoms with Crippen LogP contribution in [0.25, 0.3) is 0 Å². The largest absolute Gasteiger partial charge is 0.504 e. The zero-order valence-corrected chi connectivity index (χ0v) is 7.70. The van der Waals surface area contributed by atoms with E-state index in [1.165, 1.54) is 7.11 Å². The first-order valence-electron chi connectivity index (χ1n) is 3.87. The minimum atomic E-state index is 0.136. The van der Waals surface area contributed by atoms with Crippen LogP contribution < -0.4 is 10.6 Å². The fourth-order valence-electron chi connectivity index (χ4n) is 1.14. The standard InChI is InChI=1S/C9H13NO3/c1-6-3-4-7(5-13-10)9(12-2)8(6)11/h3-4,11H,5,10H2,1-2H3. The summed E-state index contributed by atoms with van der Waals surface area (Å²) in [4.78, 5) is 4.47. The van der Waals surface area contributed by atoms with Gasteiger partial charge in [-0.1, -0.05) is 12.1 Å². The number of hydrogen-bond acceptors (Lipinski definition) is 4. The van der Waals surface area contributed by atoms with Crippen LogP contribution in [0.15, 0.2) is 12.1 Å². The van der Waals surface area contributed by atoms with Gasteiger partial charge in [0.2, 0.25) is 0 Å². The first-order chi connectivity index (χ1) is 6.20. The Morgan fingerprint density at radius 3 is 2.69 bits per heavy atom. The van der Waals surface area contributed by atoms with E-state index in [4.69, 9.17) is 10.6 Å². The van der Waals surface area contributed by atoms with Crippen LogP contribution in [-0.2, 0) is 11.4 Å². The Morgan fingerprint density at radius 1 is 1.46 bits per heavy atom. The molecule has 72 valence electrons. The molecule has 13 heavy (non-hydrogen) atoms. The van der Waals surface area contributed by atoms with E-state index in [9.17, 15) is 5.11 Å². The number of aryl methyl sites for hydroxylation is 1. The number of hydrogen-bond donors (Lipinski definition) is 2. The molecule has 0 saturated heterocycles. The van der Waals surface area contributed by atoms with Crippen LogP contribution in [0.1, 0.15) is 11.1 Å². The highest BCUT2D eigenvalue weighted by atomic mass is 16.6. The third-order valence-corrected chi connectivity index (χ3v) is 1.86. The summed E-state index contributed by atoms with van der Waals surface area (Å²) >= 11 is 0. The molecule has 0 aliphatic carbocycles. The molecular weight excluding hydrogens is 170 g/mol. The van der Waals surface area contributed by atoms with E-state index in [-0.39, 0.29) is 12.4 Å². The molecule has 0 heterocycles. The summed E-state index contributed by atoms with van der Waals surface area (Å²) in [5.41, 5.74) is 1.49. The number of phenolic OH excluding ortho intramolecular Hbond substituents is 1. The van der Waals surface area contributed by atoms with Crippen molar-refractivity contribution in [3.05, 3.63) is 23.3 Å². The summed E-state index contributed by atoms with van der Waals surface area (Å²) in [7, 11) is 1.49. The molecule has 0 amide bonds. The lowest BCUT2D eigenvalue weighted by Gasteiger charge is -2.10. The highest BCUT2D eigenvalue weighted by molar-refractivity contribution is 5.50. The number of phenols is 1. The van der Waals surface area contributed by atoms with Crippen molar-refractivity contribution >= 4 is 0 Å². The molecule has 0 radical (unpaired) electrons. The quantitative estimate of drug-likeness (QED) is 0.689. The number of rotatable bonds is 3. The molecule has 0 atom stereocenters. The lowest BCUT2D eigenvalue weighted by molar-refractivity contribution is 0.121. The van der Waals surface area contributed by atoms with Gasteiger partial charge < -0.3 is 9.84 Å². The molecule has 0 saturated carbocycles. The average Bonchev–Trinajstić information content (AvgIpc) is 2.12. The van der Waals surface area contributed by atoms with Gasteiger partial charge in [-0.3, -0.25) is 4.84 Å². The van der Waals surface area contributed by atoms with Crippen LogP contribution in [0.4, 0.5) is 0 Å². The van der Waals surface area contributed by atoms with Gasteiger partial charge in [-0.05, 0) is 12.5 Å². The van der Waals surface area contributed by atoms with Gasteiger partial charge in [-0.2, -0.15) is 0 Å². The van der Waals surface area contributed by atoms with Gasteiger partial charge in [0.05, 0.1) is 13.7 Å². The molecule has 0 unspecified atom stereocenters. The molecule has 4 heteroatoms. The molecule has 0 aliphatic rings. The number of aromatic hydroxyl groups is 1. The average molecular weight is 183 g/mol. The normalized spacial score (nSPS) is 10.1. The molecule has 1 aromatic rings. The van der Waals surface area contributed by atoms with E-state index in [0.29, 0.717) is 5.75 Å². The number of benzene rings is 1. The SMILES string of the molecule is COc1c(CON)ccc(C)c1O.